The summed E-state index contributed by atoms with van der Waals surface area (Å²) in [6.07, 6.45) is 1.03. The summed E-state index contributed by atoms with van der Waals surface area (Å²) < 4.78 is 0. The molecule has 0 amide bonds. The van der Waals surface area contributed by atoms with Crippen LogP contribution in [0.1, 0.15) is 18.6 Å². The van der Waals surface area contributed by atoms with Gasteiger partial charge < -0.3 is 10.8 Å². The third-order valence-corrected chi connectivity index (χ3v) is 2.45. The lowest BCUT2D eigenvalue weighted by Crippen LogP contribution is -2.24. The smallest absolute Gasteiger partial charge is 0.0953 e. The maximum absolute atomic E-state index is 9.79. The average molecular weight is 202 g/mol. The van der Waals surface area contributed by atoms with Gasteiger partial charge in [0.15, 0.2) is 0 Å². The topological polar surface area (TPSA) is 59.1 Å². The number of fused-ring (bicyclic) bond motifs is 1. The zero-order valence-electron chi connectivity index (χ0n) is 8.59. The number of nitrogens with two attached hydrogens (primary N) is 1. The third-order valence-electron chi connectivity index (χ3n) is 2.45. The highest BCUT2D eigenvalue weighted by atomic mass is 16.3. The summed E-state index contributed by atoms with van der Waals surface area (Å²) in [6, 6.07) is 9.45. The highest BCUT2D eigenvalue weighted by Crippen LogP contribution is 2.19. The highest BCUT2D eigenvalue weighted by molar-refractivity contribution is 5.78. The molecule has 0 fully saturated rings. The lowest BCUT2D eigenvalue weighted by molar-refractivity contribution is 0.153. The van der Waals surface area contributed by atoms with E-state index in [-0.39, 0.29) is 6.04 Å². The fourth-order valence-electron chi connectivity index (χ4n) is 1.55. The highest BCUT2D eigenvalue weighted by Gasteiger charge is 2.12. The third kappa shape index (κ3) is 1.98. The number of aliphatic hydroxyl groups is 1. The first-order valence-electron chi connectivity index (χ1n) is 4.97. The Morgan fingerprint density at radius 3 is 2.80 bits per heavy atom. The monoisotopic (exact) mass is 202 g/mol. The Kier molecular flexibility index (Phi) is 2.66. The molecule has 2 rings (SSSR count). The maximum Gasteiger partial charge on any atom is 0.0953 e. The van der Waals surface area contributed by atoms with Crippen molar-refractivity contribution in [3.8, 4) is 0 Å². The minimum absolute atomic E-state index is 0.284. The standard InChI is InChI=1S/C12H14N2O/c1-8(13)12(15)10-6-9-4-2-3-5-11(9)14-7-10/h2-8,12,15H,13H2,1H3/t8-,12-/m1/s1. The van der Waals surface area contributed by atoms with Gasteiger partial charge in [0, 0.05) is 23.2 Å². The van der Waals surface area contributed by atoms with Crippen LogP contribution in [-0.2, 0) is 0 Å². The van der Waals surface area contributed by atoms with E-state index >= 15 is 0 Å². The molecule has 78 valence electrons. The summed E-state index contributed by atoms with van der Waals surface area (Å²) in [6.45, 7) is 1.78. The SMILES string of the molecule is C[C@@H](N)[C@@H](O)c1cnc2ccccc2c1. The average Bonchev–Trinajstić information content (AvgIpc) is 2.27. The second kappa shape index (κ2) is 3.96. The number of rotatable bonds is 2. The van der Waals surface area contributed by atoms with Crippen molar-refractivity contribution in [2.45, 2.75) is 19.1 Å². The Morgan fingerprint density at radius 2 is 2.07 bits per heavy atom. The number of benzene rings is 1. The summed E-state index contributed by atoms with van der Waals surface area (Å²) in [5.74, 6) is 0. The first kappa shape index (κ1) is 10.1. The second-order valence-electron chi connectivity index (χ2n) is 3.77. The number of nitrogens with zero attached hydrogens (tertiary/aromatic N) is 1. The Morgan fingerprint density at radius 1 is 1.33 bits per heavy atom. The molecule has 2 aromatic rings. The van der Waals surface area contributed by atoms with Gasteiger partial charge in [-0.25, -0.2) is 0 Å². The number of hydrogen-bond donors (Lipinski definition) is 2. The fraction of sp³-hybridized carbons (Fsp3) is 0.250. The predicted octanol–water partition coefficient (Wildman–Crippen LogP) is 1.62. The molecule has 0 bridgehead atoms. The molecule has 0 aliphatic carbocycles. The van der Waals surface area contributed by atoms with Crippen LogP contribution in [0.25, 0.3) is 10.9 Å². The molecule has 0 spiro atoms. The van der Waals surface area contributed by atoms with Crippen LogP contribution in [0.5, 0.6) is 0 Å². The zero-order chi connectivity index (χ0) is 10.8. The van der Waals surface area contributed by atoms with Crippen molar-refractivity contribution in [2.24, 2.45) is 5.73 Å². The largest absolute Gasteiger partial charge is 0.387 e. The normalized spacial score (nSPS) is 15.1. The van der Waals surface area contributed by atoms with Crippen LogP contribution in [0.15, 0.2) is 36.5 Å². The maximum atomic E-state index is 9.79. The van der Waals surface area contributed by atoms with Crippen molar-refractivity contribution in [1.82, 2.24) is 4.98 Å². The molecule has 3 nitrogen and oxygen atoms in total. The molecular formula is C12H14N2O. The Hall–Kier alpha value is -1.45. The number of para-hydroxylation sites is 1. The summed E-state index contributed by atoms with van der Waals surface area (Å²) in [5.41, 5.74) is 7.33. The van der Waals surface area contributed by atoms with Gasteiger partial charge in [-0.1, -0.05) is 18.2 Å². The van der Waals surface area contributed by atoms with Gasteiger partial charge in [0.05, 0.1) is 11.6 Å². The van der Waals surface area contributed by atoms with Gasteiger partial charge in [0.2, 0.25) is 0 Å². The van der Waals surface area contributed by atoms with Crippen molar-refractivity contribution in [2.75, 3.05) is 0 Å². The minimum Gasteiger partial charge on any atom is -0.387 e. The Labute approximate surface area is 88.6 Å². The molecule has 3 N–H and O–H groups in total. The molecule has 3 heteroatoms. The van der Waals surface area contributed by atoms with E-state index in [9.17, 15) is 5.11 Å². The van der Waals surface area contributed by atoms with E-state index in [2.05, 4.69) is 4.98 Å². The summed E-state index contributed by atoms with van der Waals surface area (Å²) in [4.78, 5) is 4.27. The number of aromatic nitrogens is 1. The summed E-state index contributed by atoms with van der Waals surface area (Å²) in [7, 11) is 0. The first-order chi connectivity index (χ1) is 7.18. The second-order valence-corrected chi connectivity index (χ2v) is 3.77. The molecule has 0 aliphatic rings. The quantitative estimate of drug-likeness (QED) is 0.778. The fourth-order valence-corrected chi connectivity index (χ4v) is 1.55. The molecule has 1 aromatic carbocycles. The van der Waals surface area contributed by atoms with Crippen LogP contribution in [-0.4, -0.2) is 16.1 Å². The van der Waals surface area contributed by atoms with E-state index in [0.29, 0.717) is 0 Å². The van der Waals surface area contributed by atoms with Gasteiger partial charge in [-0.15, -0.1) is 0 Å². The van der Waals surface area contributed by atoms with Crippen molar-refractivity contribution in [1.29, 1.82) is 0 Å². The van der Waals surface area contributed by atoms with E-state index in [1.807, 2.05) is 30.3 Å². The first-order valence-corrected chi connectivity index (χ1v) is 4.97. The molecule has 0 aliphatic heterocycles. The van der Waals surface area contributed by atoms with Crippen molar-refractivity contribution in [3.63, 3.8) is 0 Å². The van der Waals surface area contributed by atoms with Crippen LogP contribution >= 0.6 is 0 Å². The number of pyridine rings is 1. The molecule has 2 atom stereocenters. The number of aliphatic hydroxyl groups excluding tert-OH is 1. The van der Waals surface area contributed by atoms with Gasteiger partial charge in [-0.2, -0.15) is 0 Å². The molecule has 0 unspecified atom stereocenters. The van der Waals surface area contributed by atoms with Crippen LogP contribution in [0.2, 0.25) is 0 Å². The van der Waals surface area contributed by atoms with Crippen molar-refractivity contribution < 1.29 is 5.11 Å². The summed E-state index contributed by atoms with van der Waals surface area (Å²) >= 11 is 0. The van der Waals surface area contributed by atoms with E-state index in [1.54, 1.807) is 13.1 Å². The Balaban J connectivity index is 2.47. The van der Waals surface area contributed by atoms with E-state index < -0.39 is 6.10 Å². The van der Waals surface area contributed by atoms with Crippen molar-refractivity contribution >= 4 is 10.9 Å². The molecule has 0 radical (unpaired) electrons. The Bertz CT molecular complexity index is 468. The van der Waals surface area contributed by atoms with Gasteiger partial charge in [-0.3, -0.25) is 4.98 Å². The van der Waals surface area contributed by atoms with E-state index in [1.165, 1.54) is 0 Å². The molecule has 1 heterocycles. The minimum atomic E-state index is -0.651. The van der Waals surface area contributed by atoms with Gasteiger partial charge in [0.1, 0.15) is 0 Å². The van der Waals surface area contributed by atoms with Gasteiger partial charge in [-0.05, 0) is 19.1 Å². The van der Waals surface area contributed by atoms with Crippen LogP contribution in [0.4, 0.5) is 0 Å². The van der Waals surface area contributed by atoms with Gasteiger partial charge in [0.25, 0.3) is 0 Å². The summed E-state index contributed by atoms with van der Waals surface area (Å²) in [5, 5.41) is 10.8. The predicted molar refractivity (Wildman–Crippen MR) is 60.4 cm³/mol. The van der Waals surface area contributed by atoms with E-state index in [4.69, 9.17) is 5.73 Å². The zero-order valence-corrected chi connectivity index (χ0v) is 8.59. The molecule has 0 saturated carbocycles. The molecule has 1 aromatic heterocycles. The van der Waals surface area contributed by atoms with Gasteiger partial charge >= 0.3 is 0 Å². The number of hydrogen-bond acceptors (Lipinski definition) is 3. The van der Waals surface area contributed by atoms with E-state index in [0.717, 1.165) is 16.5 Å². The van der Waals surface area contributed by atoms with Crippen LogP contribution in [0.3, 0.4) is 0 Å². The molecule has 0 saturated heterocycles. The molecular weight excluding hydrogens is 188 g/mol. The van der Waals surface area contributed by atoms with Crippen molar-refractivity contribution in [3.05, 3.63) is 42.1 Å². The van der Waals surface area contributed by atoms with Crippen LogP contribution in [0, 0.1) is 0 Å². The lowest BCUT2D eigenvalue weighted by atomic mass is 10.0. The lowest BCUT2D eigenvalue weighted by Gasteiger charge is -2.14. The van der Waals surface area contributed by atoms with Crippen LogP contribution < -0.4 is 5.73 Å². The molecule has 15 heavy (non-hydrogen) atoms.